The Balaban J connectivity index is 1.35. The van der Waals surface area contributed by atoms with Crippen molar-refractivity contribution in [3.63, 3.8) is 0 Å². The second-order valence-corrected chi connectivity index (χ2v) is 11.6. The summed E-state index contributed by atoms with van der Waals surface area (Å²) < 4.78 is 26.2. The van der Waals surface area contributed by atoms with Crippen molar-refractivity contribution in [2.24, 2.45) is 0 Å². The van der Waals surface area contributed by atoms with E-state index in [-0.39, 0.29) is 23.5 Å². The highest BCUT2D eigenvalue weighted by Crippen LogP contribution is 2.50. The van der Waals surface area contributed by atoms with E-state index < -0.39 is 16.8 Å². The molecule has 5 rings (SSSR count). The van der Waals surface area contributed by atoms with Gasteiger partial charge in [0.2, 0.25) is 0 Å². The molecule has 0 unspecified atom stereocenters. The molecule has 1 heterocycles. The molecule has 7 heteroatoms. The van der Waals surface area contributed by atoms with E-state index in [0.717, 1.165) is 16.7 Å². The maximum absolute atomic E-state index is 14.4. The van der Waals surface area contributed by atoms with E-state index in [1.165, 1.54) is 6.07 Å². The third-order valence-electron chi connectivity index (χ3n) is 7.54. The Morgan fingerprint density at radius 3 is 2.49 bits per heavy atom. The van der Waals surface area contributed by atoms with Crippen LogP contribution in [-0.4, -0.2) is 41.6 Å². The zero-order chi connectivity index (χ0) is 26.7. The van der Waals surface area contributed by atoms with Gasteiger partial charge in [-0.1, -0.05) is 13.8 Å². The van der Waals surface area contributed by atoms with Gasteiger partial charge >= 0.3 is 6.09 Å². The molecule has 1 saturated heterocycles. The maximum Gasteiger partial charge on any atom is 0.410 e. The SMILES string of the molecule is CC(C)(C)OC(=O)N1CCC(Oc2ccc3c(c2)C(C)(C)C2=C(C3=O)c3cc(F)c(C#N)cc3C2)CC1. The summed E-state index contributed by atoms with van der Waals surface area (Å²) in [5.74, 6) is -0.0371. The minimum absolute atomic E-state index is 0.00484. The zero-order valence-corrected chi connectivity index (χ0v) is 21.9. The molecule has 0 atom stereocenters. The van der Waals surface area contributed by atoms with Crippen molar-refractivity contribution in [3.8, 4) is 11.8 Å². The van der Waals surface area contributed by atoms with Gasteiger partial charge in [0.15, 0.2) is 5.78 Å². The smallest absolute Gasteiger partial charge is 0.410 e. The molecule has 0 saturated carbocycles. The fraction of sp³-hybridized carbons (Fsp3) is 0.433. The van der Waals surface area contributed by atoms with Gasteiger partial charge in [-0.05, 0) is 79.8 Å². The van der Waals surface area contributed by atoms with E-state index in [1.807, 2.05) is 39.0 Å². The lowest BCUT2D eigenvalue weighted by Crippen LogP contribution is -2.44. The molecular formula is C30H31FN2O4. The lowest BCUT2D eigenvalue weighted by molar-refractivity contribution is 0.0126. The van der Waals surface area contributed by atoms with Crippen LogP contribution in [0.1, 0.15) is 80.1 Å². The normalized spacial score (nSPS) is 18.6. The summed E-state index contributed by atoms with van der Waals surface area (Å²) in [6, 6.07) is 10.3. The minimum Gasteiger partial charge on any atom is -0.490 e. The van der Waals surface area contributed by atoms with E-state index in [1.54, 1.807) is 17.0 Å². The predicted octanol–water partition coefficient (Wildman–Crippen LogP) is 5.96. The van der Waals surface area contributed by atoms with Gasteiger partial charge in [-0.3, -0.25) is 4.79 Å². The number of halogens is 1. The largest absolute Gasteiger partial charge is 0.490 e. The number of nitrogens with zero attached hydrogens (tertiary/aromatic N) is 2. The highest BCUT2D eigenvalue weighted by molar-refractivity contribution is 6.33. The lowest BCUT2D eigenvalue weighted by Gasteiger charge is -2.36. The Morgan fingerprint density at radius 1 is 1.14 bits per heavy atom. The van der Waals surface area contributed by atoms with Crippen molar-refractivity contribution in [1.82, 2.24) is 4.90 Å². The molecule has 2 aromatic carbocycles. The van der Waals surface area contributed by atoms with Crippen molar-refractivity contribution >= 4 is 17.4 Å². The number of benzene rings is 2. The summed E-state index contributed by atoms with van der Waals surface area (Å²) in [7, 11) is 0. The molecule has 0 spiro atoms. The second kappa shape index (κ2) is 8.72. The van der Waals surface area contributed by atoms with Crippen LogP contribution >= 0.6 is 0 Å². The first-order valence-electron chi connectivity index (χ1n) is 12.7. The van der Waals surface area contributed by atoms with Crippen LogP contribution in [0, 0.1) is 17.1 Å². The quantitative estimate of drug-likeness (QED) is 0.506. The number of amides is 1. The van der Waals surface area contributed by atoms with Crippen molar-refractivity contribution in [2.75, 3.05) is 13.1 Å². The van der Waals surface area contributed by atoms with Crippen LogP contribution < -0.4 is 4.74 Å². The Labute approximate surface area is 216 Å². The van der Waals surface area contributed by atoms with Gasteiger partial charge in [0.05, 0.1) is 5.56 Å². The lowest BCUT2D eigenvalue weighted by atomic mass is 9.68. The van der Waals surface area contributed by atoms with Crippen LogP contribution in [0.5, 0.6) is 5.75 Å². The molecule has 0 radical (unpaired) electrons. The van der Waals surface area contributed by atoms with Gasteiger partial charge in [0, 0.05) is 42.5 Å². The summed E-state index contributed by atoms with van der Waals surface area (Å²) in [4.78, 5) is 27.7. The molecule has 0 N–H and O–H groups in total. The van der Waals surface area contributed by atoms with Gasteiger partial charge < -0.3 is 14.4 Å². The van der Waals surface area contributed by atoms with Crippen molar-refractivity contribution in [1.29, 1.82) is 5.26 Å². The highest BCUT2D eigenvalue weighted by atomic mass is 19.1. The highest BCUT2D eigenvalue weighted by Gasteiger charge is 2.43. The molecule has 0 bridgehead atoms. The Morgan fingerprint density at radius 2 is 1.84 bits per heavy atom. The van der Waals surface area contributed by atoms with E-state index in [9.17, 15) is 19.2 Å². The van der Waals surface area contributed by atoms with Gasteiger partial charge in [-0.2, -0.15) is 5.26 Å². The number of nitriles is 1. The number of rotatable bonds is 2. The molecule has 6 nitrogen and oxygen atoms in total. The Kier molecular flexibility index (Phi) is 5.90. The molecule has 1 fully saturated rings. The van der Waals surface area contributed by atoms with Gasteiger partial charge in [-0.25, -0.2) is 9.18 Å². The summed E-state index contributed by atoms with van der Waals surface area (Å²) in [6.07, 6.45) is 1.54. The number of fused-ring (bicyclic) bond motifs is 3. The number of carbonyl (C=O) groups is 2. The average Bonchev–Trinajstić information content (AvgIpc) is 3.21. The van der Waals surface area contributed by atoms with E-state index in [4.69, 9.17) is 9.47 Å². The minimum atomic E-state index is -0.604. The Hall–Kier alpha value is -3.66. The monoisotopic (exact) mass is 502 g/mol. The summed E-state index contributed by atoms with van der Waals surface area (Å²) in [6.45, 7) is 10.8. The van der Waals surface area contributed by atoms with Crippen LogP contribution in [0.15, 0.2) is 35.9 Å². The van der Waals surface area contributed by atoms with Crippen LogP contribution in [0.25, 0.3) is 5.57 Å². The summed E-state index contributed by atoms with van der Waals surface area (Å²) in [5.41, 5.74) is 3.37. The van der Waals surface area contributed by atoms with E-state index >= 15 is 0 Å². The van der Waals surface area contributed by atoms with Crippen LogP contribution in [-0.2, 0) is 16.6 Å². The number of hydrogen-bond acceptors (Lipinski definition) is 5. The number of Topliss-reactive ketones (excluding diaryl/α,β-unsaturated/α-hetero) is 1. The molecule has 192 valence electrons. The first-order valence-corrected chi connectivity index (χ1v) is 12.7. The predicted molar refractivity (Wildman–Crippen MR) is 137 cm³/mol. The van der Waals surface area contributed by atoms with Crippen LogP contribution in [0.4, 0.5) is 9.18 Å². The third kappa shape index (κ3) is 4.39. The first-order chi connectivity index (χ1) is 17.4. The zero-order valence-electron chi connectivity index (χ0n) is 21.9. The number of ketones is 1. The number of ether oxygens (including phenoxy) is 2. The van der Waals surface area contributed by atoms with E-state index in [2.05, 4.69) is 13.8 Å². The van der Waals surface area contributed by atoms with E-state index in [0.29, 0.717) is 54.8 Å². The van der Waals surface area contributed by atoms with Crippen molar-refractivity contribution in [2.45, 2.75) is 71.0 Å². The molecule has 2 aromatic rings. The molecule has 1 amide bonds. The van der Waals surface area contributed by atoms with Crippen LogP contribution in [0.2, 0.25) is 0 Å². The molecule has 3 aliphatic rings. The van der Waals surface area contributed by atoms with Gasteiger partial charge in [0.1, 0.15) is 29.3 Å². The number of piperidine rings is 1. The second-order valence-electron chi connectivity index (χ2n) is 11.6. The summed E-state index contributed by atoms with van der Waals surface area (Å²) in [5, 5.41) is 9.25. The first kappa shape index (κ1) is 25.0. The van der Waals surface area contributed by atoms with Gasteiger partial charge in [-0.15, -0.1) is 0 Å². The van der Waals surface area contributed by atoms with Crippen LogP contribution in [0.3, 0.4) is 0 Å². The molecule has 37 heavy (non-hydrogen) atoms. The number of allylic oxidation sites excluding steroid dienone is 2. The molecular weight excluding hydrogens is 471 g/mol. The standard InChI is InChI=1S/C30H31FN2O4/c1-29(2,3)37-28(35)33-10-8-19(9-11-33)36-20-6-7-21-23(14-20)30(4,5)24-13-17-12-18(16-32)25(31)15-22(17)26(24)27(21)34/h6-7,12,14-15,19H,8-11,13H2,1-5H3. The molecule has 1 aliphatic heterocycles. The number of likely N-dealkylation sites (tertiary alicyclic amines) is 1. The summed E-state index contributed by atoms with van der Waals surface area (Å²) >= 11 is 0. The van der Waals surface area contributed by atoms with Crippen molar-refractivity contribution < 1.29 is 23.5 Å². The maximum atomic E-state index is 14.4. The molecule has 2 aliphatic carbocycles. The average molecular weight is 503 g/mol. The fourth-order valence-electron chi connectivity index (χ4n) is 5.60. The number of carbonyl (C=O) groups excluding carboxylic acids is 2. The molecule has 0 aromatic heterocycles. The fourth-order valence-corrected chi connectivity index (χ4v) is 5.60. The topological polar surface area (TPSA) is 79.6 Å². The number of hydrogen-bond donors (Lipinski definition) is 0. The Bertz CT molecular complexity index is 1390. The van der Waals surface area contributed by atoms with Crippen molar-refractivity contribution in [3.05, 3.63) is 69.5 Å². The van der Waals surface area contributed by atoms with Gasteiger partial charge in [0.25, 0.3) is 0 Å². The third-order valence-corrected chi connectivity index (χ3v) is 7.54.